The molecular formula is C21H23FN4O. The van der Waals surface area contributed by atoms with Gasteiger partial charge in [0, 0.05) is 31.8 Å². The number of likely N-dealkylation sites (tertiary alicyclic amines) is 1. The highest BCUT2D eigenvalue weighted by Gasteiger charge is 2.23. The first-order chi connectivity index (χ1) is 13.1. The van der Waals surface area contributed by atoms with Crippen molar-refractivity contribution in [1.29, 1.82) is 0 Å². The minimum Gasteiger partial charge on any atom is -0.342 e. The van der Waals surface area contributed by atoms with E-state index >= 15 is 0 Å². The van der Waals surface area contributed by atoms with Gasteiger partial charge in [0.2, 0.25) is 0 Å². The summed E-state index contributed by atoms with van der Waals surface area (Å²) in [4.78, 5) is 22.1. The Bertz CT molecular complexity index is 968. The quantitative estimate of drug-likeness (QED) is 0.771. The van der Waals surface area contributed by atoms with Gasteiger partial charge >= 0.3 is 0 Å². The maximum Gasteiger partial charge on any atom is 0.250 e. The molecule has 0 atom stereocenters. The fourth-order valence-corrected chi connectivity index (χ4v) is 3.63. The number of pyridine rings is 1. The number of nitrogens with zero attached hydrogens (tertiary/aromatic N) is 3. The molecular weight excluding hydrogens is 343 g/mol. The van der Waals surface area contributed by atoms with E-state index in [0.29, 0.717) is 5.92 Å². The van der Waals surface area contributed by atoms with E-state index in [0.717, 1.165) is 55.1 Å². The summed E-state index contributed by atoms with van der Waals surface area (Å²) in [5.41, 5.74) is 2.96. The summed E-state index contributed by atoms with van der Waals surface area (Å²) in [6, 6.07) is 10.2. The predicted octanol–water partition coefficient (Wildman–Crippen LogP) is 3.29. The van der Waals surface area contributed by atoms with Gasteiger partial charge in [0.05, 0.1) is 11.9 Å². The third-order valence-corrected chi connectivity index (χ3v) is 5.30. The lowest BCUT2D eigenvalue weighted by atomic mass is 9.96. The van der Waals surface area contributed by atoms with Gasteiger partial charge in [-0.05, 0) is 67.4 Å². The number of benzene rings is 1. The molecule has 0 bridgehead atoms. The van der Waals surface area contributed by atoms with E-state index in [1.165, 1.54) is 12.1 Å². The average Bonchev–Trinajstić information content (AvgIpc) is 3.16. The SMILES string of the molecule is Cn1ccc(CN2CCC(c3ncc(-c4ccc(F)cc4)[nH]3)CC2)cc1=O. The van der Waals surface area contributed by atoms with Crippen LogP contribution in [-0.4, -0.2) is 32.5 Å². The lowest BCUT2D eigenvalue weighted by molar-refractivity contribution is 0.202. The molecule has 0 unspecified atom stereocenters. The molecule has 1 aromatic carbocycles. The number of aryl methyl sites for hydroxylation is 1. The standard InChI is InChI=1S/C21H23FN4O/c1-25-9-6-15(12-20(25)27)14-26-10-7-17(8-11-26)21-23-13-19(24-21)16-2-4-18(22)5-3-16/h2-6,9,12-13,17H,7-8,10-11,14H2,1H3,(H,23,24). The van der Waals surface area contributed by atoms with E-state index in [1.807, 2.05) is 18.5 Å². The number of rotatable bonds is 4. The van der Waals surface area contributed by atoms with Gasteiger partial charge in [-0.25, -0.2) is 9.37 Å². The molecule has 2 aromatic heterocycles. The van der Waals surface area contributed by atoms with Gasteiger partial charge in [0.15, 0.2) is 0 Å². The molecule has 3 aromatic rings. The Morgan fingerprint density at radius 1 is 1.19 bits per heavy atom. The van der Waals surface area contributed by atoms with Crippen molar-refractivity contribution in [2.75, 3.05) is 13.1 Å². The Hall–Kier alpha value is -2.73. The highest BCUT2D eigenvalue weighted by Crippen LogP contribution is 2.28. The van der Waals surface area contributed by atoms with E-state index < -0.39 is 0 Å². The van der Waals surface area contributed by atoms with Gasteiger partial charge in [-0.15, -0.1) is 0 Å². The second-order valence-corrected chi connectivity index (χ2v) is 7.22. The van der Waals surface area contributed by atoms with Crippen LogP contribution in [0.2, 0.25) is 0 Å². The van der Waals surface area contributed by atoms with Crippen LogP contribution in [0.3, 0.4) is 0 Å². The molecule has 1 saturated heterocycles. The first-order valence-corrected chi connectivity index (χ1v) is 9.27. The van der Waals surface area contributed by atoms with E-state index in [-0.39, 0.29) is 11.4 Å². The van der Waals surface area contributed by atoms with Crippen molar-refractivity contribution in [2.45, 2.75) is 25.3 Å². The molecule has 1 fully saturated rings. The van der Waals surface area contributed by atoms with Crippen molar-refractivity contribution in [3.8, 4) is 11.3 Å². The van der Waals surface area contributed by atoms with Crippen molar-refractivity contribution in [1.82, 2.24) is 19.4 Å². The first kappa shape index (κ1) is 17.7. The fraction of sp³-hybridized carbons (Fsp3) is 0.333. The van der Waals surface area contributed by atoms with Crippen LogP contribution in [0.4, 0.5) is 4.39 Å². The molecule has 0 aliphatic carbocycles. The normalized spacial score (nSPS) is 15.9. The maximum atomic E-state index is 13.1. The van der Waals surface area contributed by atoms with Crippen LogP contribution in [0, 0.1) is 5.82 Å². The van der Waals surface area contributed by atoms with Gasteiger partial charge in [-0.1, -0.05) is 0 Å². The van der Waals surface area contributed by atoms with E-state index in [1.54, 1.807) is 29.8 Å². The Balaban J connectivity index is 1.37. The lowest BCUT2D eigenvalue weighted by Gasteiger charge is -2.31. The summed E-state index contributed by atoms with van der Waals surface area (Å²) in [6.45, 7) is 2.76. The number of hydrogen-bond donors (Lipinski definition) is 1. The molecule has 4 rings (SSSR count). The number of piperidine rings is 1. The number of imidazole rings is 1. The van der Waals surface area contributed by atoms with Crippen LogP contribution in [-0.2, 0) is 13.6 Å². The average molecular weight is 366 g/mol. The summed E-state index contributed by atoms with van der Waals surface area (Å²) in [7, 11) is 1.77. The van der Waals surface area contributed by atoms with E-state index in [4.69, 9.17) is 0 Å². The van der Waals surface area contributed by atoms with E-state index in [9.17, 15) is 9.18 Å². The van der Waals surface area contributed by atoms with Gasteiger partial charge in [-0.3, -0.25) is 9.69 Å². The fourth-order valence-electron chi connectivity index (χ4n) is 3.63. The minimum absolute atomic E-state index is 0.0336. The van der Waals surface area contributed by atoms with Crippen molar-refractivity contribution in [2.24, 2.45) is 7.05 Å². The zero-order valence-corrected chi connectivity index (χ0v) is 15.4. The monoisotopic (exact) mass is 366 g/mol. The first-order valence-electron chi connectivity index (χ1n) is 9.27. The zero-order valence-electron chi connectivity index (χ0n) is 15.4. The Morgan fingerprint density at radius 3 is 2.63 bits per heavy atom. The molecule has 0 saturated carbocycles. The molecule has 6 heteroatoms. The number of nitrogens with one attached hydrogen (secondary N) is 1. The summed E-state index contributed by atoms with van der Waals surface area (Å²) in [5, 5.41) is 0. The van der Waals surface area contributed by atoms with Crippen molar-refractivity contribution < 1.29 is 4.39 Å². The maximum absolute atomic E-state index is 13.1. The van der Waals surface area contributed by atoms with Crippen molar-refractivity contribution in [3.63, 3.8) is 0 Å². The molecule has 0 amide bonds. The van der Waals surface area contributed by atoms with Gasteiger partial charge < -0.3 is 9.55 Å². The predicted molar refractivity (Wildman–Crippen MR) is 103 cm³/mol. The Morgan fingerprint density at radius 2 is 1.93 bits per heavy atom. The Kier molecular flexibility index (Phi) is 4.90. The molecule has 1 N–H and O–H groups in total. The molecule has 5 nitrogen and oxygen atoms in total. The van der Waals surface area contributed by atoms with Crippen LogP contribution >= 0.6 is 0 Å². The van der Waals surface area contributed by atoms with Gasteiger partial charge in [-0.2, -0.15) is 0 Å². The molecule has 27 heavy (non-hydrogen) atoms. The minimum atomic E-state index is -0.234. The molecule has 140 valence electrons. The highest BCUT2D eigenvalue weighted by molar-refractivity contribution is 5.58. The number of hydrogen-bond acceptors (Lipinski definition) is 3. The molecule has 0 radical (unpaired) electrons. The second-order valence-electron chi connectivity index (χ2n) is 7.22. The van der Waals surface area contributed by atoms with Crippen LogP contribution < -0.4 is 5.56 Å². The molecule has 3 heterocycles. The topological polar surface area (TPSA) is 53.9 Å². The Labute approximate surface area is 157 Å². The molecule has 1 aliphatic heterocycles. The van der Waals surface area contributed by atoms with Gasteiger partial charge in [0.25, 0.3) is 5.56 Å². The summed E-state index contributed by atoms with van der Waals surface area (Å²) >= 11 is 0. The third-order valence-electron chi connectivity index (χ3n) is 5.30. The smallest absolute Gasteiger partial charge is 0.250 e. The number of H-pyrrole nitrogens is 1. The van der Waals surface area contributed by atoms with E-state index in [2.05, 4.69) is 14.9 Å². The highest BCUT2D eigenvalue weighted by atomic mass is 19.1. The van der Waals surface area contributed by atoms with Crippen molar-refractivity contribution >= 4 is 0 Å². The number of aromatic nitrogens is 3. The van der Waals surface area contributed by atoms with Crippen LogP contribution in [0.5, 0.6) is 0 Å². The second kappa shape index (κ2) is 7.48. The largest absolute Gasteiger partial charge is 0.342 e. The third kappa shape index (κ3) is 4.01. The summed E-state index contributed by atoms with van der Waals surface area (Å²) in [5.74, 6) is 1.17. The van der Waals surface area contributed by atoms with Gasteiger partial charge in [0.1, 0.15) is 11.6 Å². The number of halogens is 1. The number of aromatic amines is 1. The summed E-state index contributed by atoms with van der Waals surface area (Å²) < 4.78 is 14.7. The summed E-state index contributed by atoms with van der Waals surface area (Å²) in [6.07, 6.45) is 5.71. The van der Waals surface area contributed by atoms with Crippen LogP contribution in [0.25, 0.3) is 11.3 Å². The lowest BCUT2D eigenvalue weighted by Crippen LogP contribution is -2.33. The zero-order chi connectivity index (χ0) is 18.8. The molecule has 0 spiro atoms. The molecule has 1 aliphatic rings. The van der Waals surface area contributed by atoms with Crippen molar-refractivity contribution in [3.05, 3.63) is 76.4 Å². The van der Waals surface area contributed by atoms with Crippen LogP contribution in [0.15, 0.2) is 53.6 Å². The van der Waals surface area contributed by atoms with Crippen LogP contribution in [0.1, 0.15) is 30.1 Å².